The Kier molecular flexibility index (Phi) is 4.91. The molecular formula is C21H16F3N5O. The van der Waals surface area contributed by atoms with Crippen LogP contribution in [0.5, 0.6) is 0 Å². The van der Waals surface area contributed by atoms with Crippen LogP contribution in [-0.2, 0) is 0 Å². The molecule has 30 heavy (non-hydrogen) atoms. The maximum Gasteiger partial charge on any atom is 0.410 e. The summed E-state index contributed by atoms with van der Waals surface area (Å²) in [7, 11) is 0. The molecule has 0 saturated heterocycles. The van der Waals surface area contributed by atoms with Crippen LogP contribution >= 0.6 is 0 Å². The molecule has 0 spiro atoms. The number of nitriles is 1. The van der Waals surface area contributed by atoms with E-state index >= 15 is 0 Å². The number of anilines is 2. The number of carbonyl (C=O) groups excluding carboxylic acids is 1. The highest BCUT2D eigenvalue weighted by atomic mass is 19.4. The Morgan fingerprint density at radius 2 is 1.87 bits per heavy atom. The number of hydrogen-bond acceptors (Lipinski definition) is 4. The number of amides is 1. The first-order valence-corrected chi connectivity index (χ1v) is 9.14. The highest BCUT2D eigenvalue weighted by Gasteiger charge is 2.46. The second kappa shape index (κ2) is 7.55. The van der Waals surface area contributed by atoms with Crippen LogP contribution in [0.15, 0.2) is 60.7 Å². The smallest absolute Gasteiger partial charge is 0.363 e. The summed E-state index contributed by atoms with van der Waals surface area (Å²) in [6.07, 6.45) is -4.75. The summed E-state index contributed by atoms with van der Waals surface area (Å²) < 4.78 is 42.0. The van der Waals surface area contributed by atoms with Gasteiger partial charge in [-0.25, -0.2) is 4.68 Å². The molecule has 2 atom stereocenters. The number of nitrogens with one attached hydrogen (secondary N) is 2. The number of benzene rings is 2. The van der Waals surface area contributed by atoms with E-state index in [1.807, 2.05) is 6.07 Å². The molecule has 3 aromatic rings. The van der Waals surface area contributed by atoms with Crippen LogP contribution < -0.4 is 10.6 Å². The van der Waals surface area contributed by atoms with Gasteiger partial charge in [0.05, 0.1) is 17.7 Å². The number of alkyl halides is 3. The number of nitrogens with zero attached hydrogens (tertiary/aromatic N) is 3. The standard InChI is InChI=1S/C21H16F3N5O/c22-21(23,24)18-10-16(14-4-2-1-3-5-14)27-19-11-17(28-29(18)19)20(30)26-15-8-6-13(12-25)7-9-15/h1-9,11,16,18,27H,10H2,(H,26,30)/t16-,18+/m1/s1. The van der Waals surface area contributed by atoms with Crippen LogP contribution in [0.3, 0.4) is 0 Å². The molecule has 0 aliphatic carbocycles. The zero-order valence-electron chi connectivity index (χ0n) is 15.5. The summed E-state index contributed by atoms with van der Waals surface area (Å²) in [5.41, 5.74) is 1.43. The van der Waals surface area contributed by atoms with Crippen molar-refractivity contribution in [3.8, 4) is 6.07 Å². The van der Waals surface area contributed by atoms with Crippen molar-refractivity contribution in [1.29, 1.82) is 5.26 Å². The van der Waals surface area contributed by atoms with Crippen molar-refractivity contribution in [2.45, 2.75) is 24.7 Å². The van der Waals surface area contributed by atoms with Crippen LogP contribution in [0.2, 0.25) is 0 Å². The lowest BCUT2D eigenvalue weighted by atomic mass is 9.97. The van der Waals surface area contributed by atoms with Crippen LogP contribution in [0.1, 0.15) is 40.1 Å². The fraction of sp³-hybridized carbons (Fsp3) is 0.190. The molecule has 0 radical (unpaired) electrons. The molecular weight excluding hydrogens is 395 g/mol. The number of hydrogen-bond donors (Lipinski definition) is 2. The molecule has 1 aliphatic heterocycles. The fourth-order valence-electron chi connectivity index (χ4n) is 3.41. The van der Waals surface area contributed by atoms with Gasteiger partial charge in [-0.05, 0) is 29.8 Å². The third-order valence-electron chi connectivity index (χ3n) is 4.90. The minimum atomic E-state index is -4.52. The van der Waals surface area contributed by atoms with E-state index in [9.17, 15) is 18.0 Å². The minimum absolute atomic E-state index is 0.127. The van der Waals surface area contributed by atoms with Gasteiger partial charge in [0.1, 0.15) is 5.82 Å². The normalized spacial score (nSPS) is 18.1. The molecule has 2 heterocycles. The first-order chi connectivity index (χ1) is 14.3. The summed E-state index contributed by atoms with van der Waals surface area (Å²) in [6.45, 7) is 0. The van der Waals surface area contributed by atoms with Gasteiger partial charge in [0.25, 0.3) is 5.91 Å². The largest absolute Gasteiger partial charge is 0.410 e. The van der Waals surface area contributed by atoms with Gasteiger partial charge < -0.3 is 10.6 Å². The van der Waals surface area contributed by atoms with E-state index in [0.29, 0.717) is 11.3 Å². The molecule has 2 aromatic carbocycles. The molecule has 1 amide bonds. The first-order valence-electron chi connectivity index (χ1n) is 9.14. The van der Waals surface area contributed by atoms with E-state index in [2.05, 4.69) is 15.7 Å². The van der Waals surface area contributed by atoms with Crippen molar-refractivity contribution in [3.63, 3.8) is 0 Å². The van der Waals surface area contributed by atoms with Gasteiger partial charge in [0.15, 0.2) is 11.7 Å². The van der Waals surface area contributed by atoms with E-state index < -0.39 is 24.2 Å². The Morgan fingerprint density at radius 1 is 1.17 bits per heavy atom. The Labute approximate surface area is 169 Å². The van der Waals surface area contributed by atoms with Gasteiger partial charge in [-0.1, -0.05) is 30.3 Å². The van der Waals surface area contributed by atoms with Crippen LogP contribution in [0.4, 0.5) is 24.7 Å². The number of halogens is 3. The lowest BCUT2D eigenvalue weighted by molar-refractivity contribution is -0.173. The summed E-state index contributed by atoms with van der Waals surface area (Å²) in [4.78, 5) is 12.5. The number of fused-ring (bicyclic) bond motifs is 1. The van der Waals surface area contributed by atoms with Crippen molar-refractivity contribution in [2.24, 2.45) is 0 Å². The second-order valence-corrected chi connectivity index (χ2v) is 6.90. The minimum Gasteiger partial charge on any atom is -0.363 e. The van der Waals surface area contributed by atoms with Crippen molar-refractivity contribution in [3.05, 3.63) is 77.5 Å². The molecule has 0 saturated carbocycles. The number of rotatable bonds is 3. The van der Waals surface area contributed by atoms with Gasteiger partial charge in [0.2, 0.25) is 0 Å². The van der Waals surface area contributed by atoms with Crippen molar-refractivity contribution >= 4 is 17.4 Å². The SMILES string of the molecule is N#Cc1ccc(NC(=O)c2cc3n(n2)[C@H](C(F)(F)F)C[C@H](c2ccccc2)N3)cc1. The molecule has 1 aromatic heterocycles. The highest BCUT2D eigenvalue weighted by molar-refractivity contribution is 6.03. The number of aromatic nitrogens is 2. The van der Waals surface area contributed by atoms with Gasteiger partial charge >= 0.3 is 6.18 Å². The average molecular weight is 411 g/mol. The Bertz CT molecular complexity index is 1100. The molecule has 152 valence electrons. The molecule has 0 unspecified atom stereocenters. The Hall–Kier alpha value is -3.80. The first kappa shape index (κ1) is 19.5. The van der Waals surface area contributed by atoms with Gasteiger partial charge in [-0.3, -0.25) is 4.79 Å². The summed E-state index contributed by atoms with van der Waals surface area (Å²) in [5.74, 6) is -0.511. The molecule has 6 nitrogen and oxygen atoms in total. The Morgan fingerprint density at radius 3 is 2.50 bits per heavy atom. The number of carbonyl (C=O) groups is 1. The predicted molar refractivity (Wildman–Crippen MR) is 104 cm³/mol. The molecule has 4 rings (SSSR count). The zero-order chi connectivity index (χ0) is 21.3. The van der Waals surface area contributed by atoms with Crippen molar-refractivity contribution in [2.75, 3.05) is 10.6 Å². The van der Waals surface area contributed by atoms with Crippen LogP contribution in [0, 0.1) is 11.3 Å². The predicted octanol–water partition coefficient (Wildman–Crippen LogP) is 4.67. The molecule has 0 bridgehead atoms. The van der Waals surface area contributed by atoms with E-state index in [4.69, 9.17) is 5.26 Å². The summed E-state index contributed by atoms with van der Waals surface area (Å²) in [5, 5.41) is 18.4. The third-order valence-corrected chi connectivity index (χ3v) is 4.90. The zero-order valence-corrected chi connectivity index (χ0v) is 15.5. The second-order valence-electron chi connectivity index (χ2n) is 6.90. The molecule has 2 N–H and O–H groups in total. The maximum atomic E-state index is 13.7. The highest BCUT2D eigenvalue weighted by Crippen LogP contribution is 2.43. The maximum absolute atomic E-state index is 13.7. The lowest BCUT2D eigenvalue weighted by Gasteiger charge is -2.33. The quantitative estimate of drug-likeness (QED) is 0.656. The van der Waals surface area contributed by atoms with Crippen LogP contribution in [0.25, 0.3) is 0 Å². The fourth-order valence-corrected chi connectivity index (χ4v) is 3.41. The monoisotopic (exact) mass is 411 g/mol. The summed E-state index contributed by atoms with van der Waals surface area (Å²) >= 11 is 0. The van der Waals surface area contributed by atoms with Crippen molar-refractivity contribution < 1.29 is 18.0 Å². The Balaban J connectivity index is 1.62. The van der Waals surface area contributed by atoms with Gasteiger partial charge in [-0.15, -0.1) is 0 Å². The van der Waals surface area contributed by atoms with Gasteiger partial charge in [-0.2, -0.15) is 23.5 Å². The van der Waals surface area contributed by atoms with E-state index in [1.54, 1.807) is 30.3 Å². The van der Waals surface area contributed by atoms with Gasteiger partial charge in [0, 0.05) is 18.2 Å². The van der Waals surface area contributed by atoms with E-state index in [-0.39, 0.29) is 17.9 Å². The van der Waals surface area contributed by atoms with Crippen LogP contribution in [-0.4, -0.2) is 21.9 Å². The molecule has 1 aliphatic rings. The summed E-state index contributed by atoms with van der Waals surface area (Å²) in [6, 6.07) is 15.8. The molecule has 9 heteroatoms. The average Bonchev–Trinajstić information content (AvgIpc) is 3.18. The lowest BCUT2D eigenvalue weighted by Crippen LogP contribution is -2.35. The van der Waals surface area contributed by atoms with E-state index in [0.717, 1.165) is 10.2 Å². The third kappa shape index (κ3) is 3.85. The van der Waals surface area contributed by atoms with Crippen molar-refractivity contribution in [1.82, 2.24) is 9.78 Å². The van der Waals surface area contributed by atoms with E-state index in [1.165, 1.54) is 30.3 Å². The molecule has 0 fully saturated rings. The topological polar surface area (TPSA) is 82.7 Å².